The molecule has 2 saturated carbocycles. The molecule has 0 aliphatic heterocycles. The summed E-state index contributed by atoms with van der Waals surface area (Å²) in [6.07, 6.45) is 20.5. The second-order valence-corrected chi connectivity index (χ2v) is 6.30. The molecule has 0 saturated heterocycles. The van der Waals surface area contributed by atoms with Crippen molar-refractivity contribution in [1.82, 2.24) is 0 Å². The Hall–Kier alpha value is -0.260. The Labute approximate surface area is 108 Å². The number of hydrogen-bond donors (Lipinski definition) is 0. The number of hydrogen-bond acceptors (Lipinski definition) is 0. The summed E-state index contributed by atoms with van der Waals surface area (Å²) in [5.74, 6) is 3.08. The minimum atomic E-state index is 0.966. The van der Waals surface area contributed by atoms with Gasteiger partial charge in [0.1, 0.15) is 0 Å². The van der Waals surface area contributed by atoms with E-state index in [1.165, 1.54) is 70.6 Å². The molecule has 2 rings (SSSR count). The summed E-state index contributed by atoms with van der Waals surface area (Å²) in [5, 5.41) is 0. The van der Waals surface area contributed by atoms with E-state index in [0.29, 0.717) is 0 Å². The molecule has 0 spiro atoms. The molecule has 0 heteroatoms. The maximum absolute atomic E-state index is 3.87. The summed E-state index contributed by atoms with van der Waals surface area (Å²) < 4.78 is 0. The summed E-state index contributed by atoms with van der Waals surface area (Å²) in [5.41, 5.74) is 0. The van der Waals surface area contributed by atoms with Gasteiger partial charge in [-0.05, 0) is 56.3 Å². The van der Waals surface area contributed by atoms with Gasteiger partial charge >= 0.3 is 0 Å². The van der Waals surface area contributed by atoms with Crippen LogP contribution in [0, 0.1) is 24.2 Å². The summed E-state index contributed by atoms with van der Waals surface area (Å²) in [4.78, 5) is 0. The molecule has 0 aromatic heterocycles. The van der Waals surface area contributed by atoms with Crippen molar-refractivity contribution in [1.29, 1.82) is 0 Å². The van der Waals surface area contributed by atoms with Gasteiger partial charge < -0.3 is 0 Å². The lowest BCUT2D eigenvalue weighted by Gasteiger charge is -2.29. The van der Waals surface area contributed by atoms with Crippen LogP contribution < -0.4 is 0 Å². The quantitative estimate of drug-likeness (QED) is 0.547. The van der Waals surface area contributed by atoms with E-state index >= 15 is 0 Å². The van der Waals surface area contributed by atoms with Crippen molar-refractivity contribution in [2.75, 3.05) is 0 Å². The normalized spacial score (nSPS) is 31.3. The Balaban J connectivity index is 1.59. The van der Waals surface area contributed by atoms with Crippen LogP contribution >= 0.6 is 0 Å². The molecule has 0 aromatic carbocycles. The first-order valence-electron chi connectivity index (χ1n) is 7.81. The van der Waals surface area contributed by atoms with E-state index < -0.39 is 0 Å². The van der Waals surface area contributed by atoms with E-state index in [2.05, 4.69) is 19.1 Å². The van der Waals surface area contributed by atoms with E-state index in [9.17, 15) is 0 Å². The minimum Gasteiger partial charge on any atom is -0.103 e. The molecule has 0 unspecified atom stereocenters. The molecule has 97 valence electrons. The Morgan fingerprint density at radius 1 is 0.824 bits per heavy atom. The fraction of sp³-hybridized carbons (Fsp3) is 0.824. The van der Waals surface area contributed by atoms with E-state index in [-0.39, 0.29) is 0 Å². The topological polar surface area (TPSA) is 0 Å². The Morgan fingerprint density at radius 3 is 1.94 bits per heavy atom. The monoisotopic (exact) mass is 233 g/mol. The third-order valence-electron chi connectivity index (χ3n) is 5.01. The smallest absolute Gasteiger partial charge is 0.0325 e. The van der Waals surface area contributed by atoms with Crippen LogP contribution in [0.3, 0.4) is 0 Å². The van der Waals surface area contributed by atoms with E-state index in [1.807, 2.05) is 0 Å². The van der Waals surface area contributed by atoms with Gasteiger partial charge in [0.05, 0.1) is 0 Å². The molecule has 0 amide bonds. The van der Waals surface area contributed by atoms with Crippen molar-refractivity contribution in [3.8, 4) is 0 Å². The Kier molecular flexibility index (Phi) is 5.61. The Morgan fingerprint density at radius 2 is 1.35 bits per heavy atom. The lowest BCUT2D eigenvalue weighted by Crippen LogP contribution is -2.16. The third-order valence-corrected chi connectivity index (χ3v) is 5.01. The fourth-order valence-corrected chi connectivity index (χ4v) is 3.75. The van der Waals surface area contributed by atoms with Crippen LogP contribution in [0.5, 0.6) is 0 Å². The number of allylic oxidation sites excluding steroid dienone is 1. The Bertz CT molecular complexity index is 204. The lowest BCUT2D eigenvalue weighted by molar-refractivity contribution is 0.241. The van der Waals surface area contributed by atoms with Crippen LogP contribution in [0.15, 0.2) is 12.7 Å². The van der Waals surface area contributed by atoms with Crippen LogP contribution in [0.4, 0.5) is 0 Å². The van der Waals surface area contributed by atoms with Crippen molar-refractivity contribution >= 4 is 0 Å². The molecule has 0 atom stereocenters. The molecule has 0 heterocycles. The molecule has 1 radical (unpaired) electrons. The maximum atomic E-state index is 3.87. The molecule has 2 fully saturated rings. The van der Waals surface area contributed by atoms with Gasteiger partial charge in [-0.3, -0.25) is 0 Å². The molecule has 0 aromatic rings. The standard InChI is InChI=1S/C17H29/c1-2-6-15-9-12-17(13-10-15)14-11-16-7-4-3-5-8-16/h2-3,15-17H,1,4-14H2. The van der Waals surface area contributed by atoms with Crippen molar-refractivity contribution in [2.24, 2.45) is 17.8 Å². The van der Waals surface area contributed by atoms with Crippen molar-refractivity contribution in [3.63, 3.8) is 0 Å². The van der Waals surface area contributed by atoms with Crippen molar-refractivity contribution in [3.05, 3.63) is 19.1 Å². The highest BCUT2D eigenvalue weighted by Gasteiger charge is 2.21. The maximum Gasteiger partial charge on any atom is -0.0325 e. The van der Waals surface area contributed by atoms with Gasteiger partial charge in [-0.1, -0.05) is 44.6 Å². The van der Waals surface area contributed by atoms with E-state index in [4.69, 9.17) is 0 Å². The van der Waals surface area contributed by atoms with Gasteiger partial charge in [0.25, 0.3) is 0 Å². The zero-order valence-electron chi connectivity index (χ0n) is 11.4. The molecular weight excluding hydrogens is 204 g/mol. The molecule has 0 nitrogen and oxygen atoms in total. The van der Waals surface area contributed by atoms with Gasteiger partial charge in [-0.15, -0.1) is 6.58 Å². The summed E-state index contributed by atoms with van der Waals surface area (Å²) in [6, 6.07) is 0. The van der Waals surface area contributed by atoms with E-state index in [1.54, 1.807) is 0 Å². The predicted octanol–water partition coefficient (Wildman–Crippen LogP) is 5.54. The second kappa shape index (κ2) is 7.24. The second-order valence-electron chi connectivity index (χ2n) is 6.30. The van der Waals surface area contributed by atoms with Gasteiger partial charge in [0.15, 0.2) is 0 Å². The summed E-state index contributed by atoms with van der Waals surface area (Å²) in [7, 11) is 0. The van der Waals surface area contributed by atoms with Crippen LogP contribution in [0.1, 0.15) is 70.6 Å². The zero-order valence-corrected chi connectivity index (χ0v) is 11.4. The third kappa shape index (κ3) is 4.48. The highest BCUT2D eigenvalue weighted by molar-refractivity contribution is 4.81. The van der Waals surface area contributed by atoms with Crippen LogP contribution in [0.2, 0.25) is 0 Å². The van der Waals surface area contributed by atoms with Crippen molar-refractivity contribution in [2.45, 2.75) is 70.6 Å². The number of rotatable bonds is 5. The fourth-order valence-electron chi connectivity index (χ4n) is 3.75. The first-order valence-corrected chi connectivity index (χ1v) is 7.81. The SMILES string of the molecule is C=CCC1CCC(CCC2CC[CH]CC2)CC1. The highest BCUT2D eigenvalue weighted by atomic mass is 14.3. The first kappa shape index (κ1) is 13.2. The summed E-state index contributed by atoms with van der Waals surface area (Å²) in [6.45, 7) is 3.87. The average Bonchev–Trinajstić information content (AvgIpc) is 2.40. The van der Waals surface area contributed by atoms with Gasteiger partial charge in [-0.25, -0.2) is 0 Å². The van der Waals surface area contributed by atoms with Gasteiger partial charge in [0, 0.05) is 0 Å². The van der Waals surface area contributed by atoms with Crippen LogP contribution in [0.25, 0.3) is 0 Å². The molecule has 2 aliphatic rings. The predicted molar refractivity (Wildman–Crippen MR) is 75.8 cm³/mol. The molecule has 0 N–H and O–H groups in total. The largest absolute Gasteiger partial charge is 0.103 e. The van der Waals surface area contributed by atoms with Crippen LogP contribution in [-0.2, 0) is 0 Å². The lowest BCUT2D eigenvalue weighted by atomic mass is 9.76. The van der Waals surface area contributed by atoms with E-state index in [0.717, 1.165) is 17.8 Å². The van der Waals surface area contributed by atoms with Gasteiger partial charge in [-0.2, -0.15) is 0 Å². The summed E-state index contributed by atoms with van der Waals surface area (Å²) >= 11 is 0. The van der Waals surface area contributed by atoms with Crippen molar-refractivity contribution < 1.29 is 0 Å². The average molecular weight is 233 g/mol. The van der Waals surface area contributed by atoms with Crippen LogP contribution in [-0.4, -0.2) is 0 Å². The molecule has 0 bridgehead atoms. The van der Waals surface area contributed by atoms with Gasteiger partial charge in [0.2, 0.25) is 0 Å². The molecule has 17 heavy (non-hydrogen) atoms. The minimum absolute atomic E-state index is 0.966. The molecular formula is C17H29. The molecule has 2 aliphatic carbocycles. The zero-order chi connectivity index (χ0) is 11.9. The first-order chi connectivity index (χ1) is 8.38. The highest BCUT2D eigenvalue weighted by Crippen LogP contribution is 2.36.